The summed E-state index contributed by atoms with van der Waals surface area (Å²) in [6.45, 7) is 1.77. The second-order valence-corrected chi connectivity index (χ2v) is 5.18. The van der Waals surface area contributed by atoms with E-state index in [2.05, 4.69) is 19.4 Å². The summed E-state index contributed by atoms with van der Waals surface area (Å²) in [4.78, 5) is 33.1. The molecule has 112 valence electrons. The maximum Gasteiger partial charge on any atom is 0.325 e. The molecule has 21 heavy (non-hydrogen) atoms. The van der Waals surface area contributed by atoms with Gasteiger partial charge in [-0.05, 0) is 17.9 Å². The Bertz CT molecular complexity index is 652. The Kier molecular flexibility index (Phi) is 4.69. The molecule has 0 unspecified atom stereocenters. The molecule has 0 aliphatic rings. The van der Waals surface area contributed by atoms with Crippen LogP contribution in [0, 0.1) is 6.92 Å². The molecule has 0 spiro atoms. The van der Waals surface area contributed by atoms with Crippen molar-refractivity contribution in [3.63, 3.8) is 0 Å². The monoisotopic (exact) mass is 309 g/mol. The van der Waals surface area contributed by atoms with Crippen LogP contribution in [0.4, 0.5) is 5.82 Å². The maximum absolute atomic E-state index is 11.6. The fraction of sp³-hybridized carbons (Fsp3) is 0.385. The molecule has 0 amide bonds. The molecular weight excluding hydrogens is 294 g/mol. The van der Waals surface area contributed by atoms with E-state index in [-0.39, 0.29) is 13.1 Å². The number of methoxy groups -OCH3 is 2. The minimum absolute atomic E-state index is 0.0886. The first kappa shape index (κ1) is 15.2. The maximum atomic E-state index is 11.6. The number of rotatable bonds is 5. The summed E-state index contributed by atoms with van der Waals surface area (Å²) in [7, 11) is 2.59. The van der Waals surface area contributed by atoms with Crippen LogP contribution in [0.3, 0.4) is 0 Å². The van der Waals surface area contributed by atoms with Crippen molar-refractivity contribution < 1.29 is 19.1 Å². The normalized spacial score (nSPS) is 10.4. The lowest BCUT2D eigenvalue weighted by Crippen LogP contribution is -2.36. The van der Waals surface area contributed by atoms with E-state index >= 15 is 0 Å². The van der Waals surface area contributed by atoms with E-state index in [0.29, 0.717) is 5.82 Å². The van der Waals surface area contributed by atoms with Crippen LogP contribution in [-0.2, 0) is 19.1 Å². The molecule has 2 aromatic rings. The Labute approximate surface area is 125 Å². The summed E-state index contributed by atoms with van der Waals surface area (Å²) in [5.74, 6) is -0.396. The van der Waals surface area contributed by atoms with E-state index in [1.165, 1.54) is 36.8 Å². The van der Waals surface area contributed by atoms with Gasteiger partial charge in [-0.25, -0.2) is 9.97 Å². The molecular formula is C13H15N3O4S. The van der Waals surface area contributed by atoms with E-state index in [1.54, 1.807) is 0 Å². The number of ether oxygens (including phenoxy) is 2. The molecule has 0 N–H and O–H groups in total. The molecule has 0 saturated carbocycles. The minimum atomic E-state index is -0.459. The van der Waals surface area contributed by atoms with E-state index in [0.717, 1.165) is 15.8 Å². The van der Waals surface area contributed by atoms with Gasteiger partial charge in [-0.15, -0.1) is 11.3 Å². The summed E-state index contributed by atoms with van der Waals surface area (Å²) >= 11 is 1.47. The summed E-state index contributed by atoms with van der Waals surface area (Å²) in [6.07, 6.45) is 1.42. The second kappa shape index (κ2) is 6.49. The molecule has 0 bridgehead atoms. The zero-order valence-electron chi connectivity index (χ0n) is 12.0. The van der Waals surface area contributed by atoms with E-state index in [9.17, 15) is 9.59 Å². The molecule has 0 saturated heterocycles. The first-order valence-electron chi connectivity index (χ1n) is 6.14. The number of hydrogen-bond donors (Lipinski definition) is 0. The standard InChI is InChI=1S/C13H15N3O4S/c1-8-6-21-12-11(8)14-7-15-13(12)16(4-9(17)19-2)5-10(18)20-3/h6-7H,4-5H2,1-3H3. The van der Waals surface area contributed by atoms with Crippen LogP contribution in [0.5, 0.6) is 0 Å². The molecule has 0 aliphatic heterocycles. The van der Waals surface area contributed by atoms with Gasteiger partial charge in [-0.1, -0.05) is 0 Å². The molecule has 0 radical (unpaired) electrons. The van der Waals surface area contributed by atoms with Crippen LogP contribution in [0.1, 0.15) is 5.56 Å². The van der Waals surface area contributed by atoms with Crippen molar-refractivity contribution in [2.45, 2.75) is 6.92 Å². The molecule has 7 nitrogen and oxygen atoms in total. The van der Waals surface area contributed by atoms with Crippen molar-refractivity contribution in [3.05, 3.63) is 17.3 Å². The second-order valence-electron chi connectivity index (χ2n) is 4.30. The van der Waals surface area contributed by atoms with Gasteiger partial charge in [0, 0.05) is 0 Å². The number of esters is 2. The molecule has 2 heterocycles. The molecule has 0 fully saturated rings. The first-order valence-corrected chi connectivity index (χ1v) is 7.02. The third-order valence-electron chi connectivity index (χ3n) is 2.91. The number of hydrogen-bond acceptors (Lipinski definition) is 8. The molecule has 2 aromatic heterocycles. The average Bonchev–Trinajstić information content (AvgIpc) is 2.88. The van der Waals surface area contributed by atoms with Crippen LogP contribution in [0.15, 0.2) is 11.7 Å². The largest absolute Gasteiger partial charge is 0.468 e. The lowest BCUT2D eigenvalue weighted by atomic mass is 10.3. The highest BCUT2D eigenvalue weighted by Crippen LogP contribution is 2.30. The van der Waals surface area contributed by atoms with Crippen LogP contribution in [-0.4, -0.2) is 49.2 Å². The SMILES string of the molecule is COC(=O)CN(CC(=O)OC)c1ncnc2c(C)csc12. The predicted octanol–water partition coefficient (Wildman–Crippen LogP) is 1.15. The third-order valence-corrected chi connectivity index (χ3v) is 3.99. The van der Waals surface area contributed by atoms with Gasteiger partial charge in [0.25, 0.3) is 0 Å². The molecule has 8 heteroatoms. The van der Waals surface area contributed by atoms with Crippen molar-refractivity contribution in [2.75, 3.05) is 32.2 Å². The van der Waals surface area contributed by atoms with E-state index < -0.39 is 11.9 Å². The van der Waals surface area contributed by atoms with Crippen molar-refractivity contribution >= 4 is 39.3 Å². The Morgan fingerprint density at radius 1 is 1.19 bits per heavy atom. The highest BCUT2D eigenvalue weighted by molar-refractivity contribution is 7.18. The minimum Gasteiger partial charge on any atom is -0.468 e. The van der Waals surface area contributed by atoms with Gasteiger partial charge in [-0.2, -0.15) is 0 Å². The van der Waals surface area contributed by atoms with Crippen LogP contribution < -0.4 is 4.90 Å². The fourth-order valence-electron chi connectivity index (χ4n) is 1.83. The summed E-state index contributed by atoms with van der Waals surface area (Å²) in [5, 5.41) is 1.96. The number of carbonyl (C=O) groups excluding carboxylic acids is 2. The third kappa shape index (κ3) is 3.27. The Hall–Kier alpha value is -2.22. The van der Waals surface area contributed by atoms with Gasteiger partial charge in [0.2, 0.25) is 0 Å². The fourth-order valence-corrected chi connectivity index (χ4v) is 2.85. The predicted molar refractivity (Wildman–Crippen MR) is 78.4 cm³/mol. The lowest BCUT2D eigenvalue weighted by molar-refractivity contribution is -0.140. The number of aryl methyl sites for hydroxylation is 1. The number of fused-ring (bicyclic) bond motifs is 1. The average molecular weight is 309 g/mol. The van der Waals surface area contributed by atoms with Gasteiger partial charge in [0.15, 0.2) is 5.82 Å². The first-order chi connectivity index (χ1) is 10.1. The van der Waals surface area contributed by atoms with Gasteiger partial charge in [-0.3, -0.25) is 9.59 Å². The molecule has 2 rings (SSSR count). The Morgan fingerprint density at radius 2 is 1.81 bits per heavy atom. The van der Waals surface area contributed by atoms with Gasteiger partial charge >= 0.3 is 11.9 Å². The highest BCUT2D eigenvalue weighted by Gasteiger charge is 2.20. The lowest BCUT2D eigenvalue weighted by Gasteiger charge is -2.21. The number of aromatic nitrogens is 2. The Morgan fingerprint density at radius 3 is 2.38 bits per heavy atom. The highest BCUT2D eigenvalue weighted by atomic mass is 32.1. The van der Waals surface area contributed by atoms with E-state index in [4.69, 9.17) is 0 Å². The van der Waals surface area contributed by atoms with Gasteiger partial charge < -0.3 is 14.4 Å². The smallest absolute Gasteiger partial charge is 0.325 e. The zero-order valence-corrected chi connectivity index (χ0v) is 12.8. The molecule has 0 atom stereocenters. The zero-order chi connectivity index (χ0) is 15.4. The van der Waals surface area contributed by atoms with Crippen molar-refractivity contribution in [3.8, 4) is 0 Å². The summed E-state index contributed by atoms with van der Waals surface area (Å²) in [6, 6.07) is 0. The van der Waals surface area contributed by atoms with Crippen molar-refractivity contribution in [1.82, 2.24) is 9.97 Å². The van der Waals surface area contributed by atoms with Crippen molar-refractivity contribution in [1.29, 1.82) is 0 Å². The Balaban J connectivity index is 2.42. The van der Waals surface area contributed by atoms with Crippen LogP contribution in [0.25, 0.3) is 10.2 Å². The summed E-state index contributed by atoms with van der Waals surface area (Å²) < 4.78 is 10.1. The van der Waals surface area contributed by atoms with Crippen LogP contribution in [0.2, 0.25) is 0 Å². The number of carbonyl (C=O) groups is 2. The number of thiophene rings is 1. The number of nitrogens with zero attached hydrogens (tertiary/aromatic N) is 3. The van der Waals surface area contributed by atoms with Gasteiger partial charge in [0.1, 0.15) is 19.4 Å². The van der Waals surface area contributed by atoms with Gasteiger partial charge in [0.05, 0.1) is 24.4 Å². The molecule has 0 aromatic carbocycles. The van der Waals surface area contributed by atoms with E-state index in [1.807, 2.05) is 12.3 Å². The van der Waals surface area contributed by atoms with Crippen molar-refractivity contribution in [2.24, 2.45) is 0 Å². The summed E-state index contributed by atoms with van der Waals surface area (Å²) in [5.41, 5.74) is 1.83. The molecule has 0 aliphatic carbocycles. The van der Waals surface area contributed by atoms with Crippen LogP contribution >= 0.6 is 11.3 Å². The quantitative estimate of drug-likeness (QED) is 0.766. The topological polar surface area (TPSA) is 81.6 Å². The number of anilines is 1.